The largest absolute Gasteiger partial charge is 0.497 e. The smallest absolute Gasteiger partial charge is 0.416 e. The van der Waals surface area contributed by atoms with Crippen molar-refractivity contribution in [2.24, 2.45) is 5.92 Å². The SMILES string of the molecule is C[C@@H](OC1CCC=CC1C1=C(COS(=O)(=O)c2ccccc2)C=COC1)c1cc(C(F)(F)F)cc(C(F)(F)F)c1. The predicted octanol–water partition coefficient (Wildman–Crippen LogP) is 7.38. The summed E-state index contributed by atoms with van der Waals surface area (Å²) in [4.78, 5) is -0.0138. The van der Waals surface area contributed by atoms with E-state index in [0.29, 0.717) is 36.1 Å². The summed E-state index contributed by atoms with van der Waals surface area (Å²) in [5.41, 5.74) is -1.94. The Kier molecular flexibility index (Phi) is 8.81. The van der Waals surface area contributed by atoms with Crippen LogP contribution in [0.4, 0.5) is 26.3 Å². The van der Waals surface area contributed by atoms with E-state index in [4.69, 9.17) is 13.7 Å². The number of hydrogen-bond acceptors (Lipinski definition) is 5. The highest BCUT2D eigenvalue weighted by Gasteiger charge is 2.38. The molecule has 1 aliphatic heterocycles. The van der Waals surface area contributed by atoms with Gasteiger partial charge in [-0.15, -0.1) is 0 Å². The molecule has 12 heteroatoms. The van der Waals surface area contributed by atoms with Crippen molar-refractivity contribution in [1.82, 2.24) is 0 Å². The molecule has 0 saturated heterocycles. The Labute approximate surface area is 227 Å². The van der Waals surface area contributed by atoms with E-state index in [1.54, 1.807) is 24.3 Å². The van der Waals surface area contributed by atoms with Gasteiger partial charge in [0.05, 0.1) is 41.1 Å². The maximum Gasteiger partial charge on any atom is 0.416 e. The van der Waals surface area contributed by atoms with Crippen LogP contribution in [-0.2, 0) is 36.1 Å². The fourth-order valence-corrected chi connectivity index (χ4v) is 5.48. The van der Waals surface area contributed by atoms with Crippen LogP contribution >= 0.6 is 0 Å². The second-order valence-corrected chi connectivity index (χ2v) is 11.0. The van der Waals surface area contributed by atoms with Gasteiger partial charge in [0.2, 0.25) is 0 Å². The second-order valence-electron chi connectivity index (χ2n) is 9.38. The Morgan fingerprint density at radius 1 is 1.00 bits per heavy atom. The molecule has 0 amide bonds. The number of rotatable bonds is 8. The molecular formula is C28H26F6O5S. The van der Waals surface area contributed by atoms with Gasteiger partial charge in [-0.1, -0.05) is 30.4 Å². The molecule has 0 bridgehead atoms. The minimum absolute atomic E-state index is 0.0138. The van der Waals surface area contributed by atoms with Crippen LogP contribution in [0.25, 0.3) is 0 Å². The third-order valence-electron chi connectivity index (χ3n) is 6.64. The van der Waals surface area contributed by atoms with Gasteiger partial charge in [0.25, 0.3) is 10.1 Å². The van der Waals surface area contributed by atoms with E-state index in [-0.39, 0.29) is 29.7 Å². The van der Waals surface area contributed by atoms with Gasteiger partial charge in [-0.25, -0.2) is 0 Å². The Hall–Kier alpha value is -3.09. The summed E-state index contributed by atoms with van der Waals surface area (Å²) in [7, 11) is -4.06. The lowest BCUT2D eigenvalue weighted by Crippen LogP contribution is -2.31. The molecule has 1 heterocycles. The summed E-state index contributed by atoms with van der Waals surface area (Å²) in [5.74, 6) is -0.480. The maximum atomic E-state index is 13.4. The van der Waals surface area contributed by atoms with Gasteiger partial charge in [0.1, 0.15) is 6.61 Å². The molecule has 2 aliphatic rings. The normalized spacial score (nSPS) is 20.9. The summed E-state index contributed by atoms with van der Waals surface area (Å²) in [6, 6.07) is 8.99. The standard InChI is InChI=1S/C28H26F6O5S/c1-18(20-13-21(27(29,30)31)15-22(14-20)28(32,33)34)39-26-10-6-5-9-24(26)25-17-37-12-11-19(25)16-38-40(35,36)23-7-3-2-4-8-23/h2-5,7-9,11-15,18,24,26H,6,10,16-17H2,1H3/t18-,24?,26?/m1/s1. The molecule has 40 heavy (non-hydrogen) atoms. The summed E-state index contributed by atoms with van der Waals surface area (Å²) in [5, 5.41) is 0. The van der Waals surface area contributed by atoms with Crippen LogP contribution in [0, 0.1) is 5.92 Å². The first kappa shape index (κ1) is 29.9. The third kappa shape index (κ3) is 7.15. The lowest BCUT2D eigenvalue weighted by atomic mass is 9.83. The van der Waals surface area contributed by atoms with E-state index in [2.05, 4.69) is 0 Å². The summed E-state index contributed by atoms with van der Waals surface area (Å²) >= 11 is 0. The number of allylic oxidation sites excluding steroid dienone is 1. The first-order valence-electron chi connectivity index (χ1n) is 12.3. The van der Waals surface area contributed by atoms with Gasteiger partial charge >= 0.3 is 12.4 Å². The van der Waals surface area contributed by atoms with Crippen molar-refractivity contribution in [3.05, 3.63) is 101 Å². The van der Waals surface area contributed by atoms with Crippen molar-refractivity contribution in [2.45, 2.75) is 49.2 Å². The minimum atomic E-state index is -4.97. The second kappa shape index (κ2) is 11.8. The molecule has 3 atom stereocenters. The molecule has 2 aromatic carbocycles. The van der Waals surface area contributed by atoms with Crippen LogP contribution in [0.1, 0.15) is 42.6 Å². The molecule has 4 rings (SSSR count). The van der Waals surface area contributed by atoms with Crippen LogP contribution < -0.4 is 0 Å². The van der Waals surface area contributed by atoms with Crippen LogP contribution in [0.2, 0.25) is 0 Å². The van der Waals surface area contributed by atoms with Gasteiger partial charge in [-0.3, -0.25) is 4.18 Å². The third-order valence-corrected chi connectivity index (χ3v) is 7.92. The average Bonchev–Trinajstić information content (AvgIpc) is 2.92. The molecule has 0 radical (unpaired) electrons. The van der Waals surface area contributed by atoms with Crippen molar-refractivity contribution in [3.8, 4) is 0 Å². The number of halogens is 6. The highest BCUT2D eigenvalue weighted by atomic mass is 32.2. The van der Waals surface area contributed by atoms with E-state index in [1.807, 2.05) is 12.2 Å². The Morgan fingerprint density at radius 2 is 1.65 bits per heavy atom. The molecule has 0 spiro atoms. The van der Waals surface area contributed by atoms with Crippen LogP contribution in [0.5, 0.6) is 0 Å². The van der Waals surface area contributed by atoms with E-state index in [9.17, 15) is 34.8 Å². The maximum absolute atomic E-state index is 13.4. The number of ether oxygens (including phenoxy) is 2. The zero-order chi connectivity index (χ0) is 29.1. The molecule has 0 aromatic heterocycles. The fourth-order valence-electron chi connectivity index (χ4n) is 4.57. The van der Waals surface area contributed by atoms with Crippen molar-refractivity contribution in [1.29, 1.82) is 0 Å². The van der Waals surface area contributed by atoms with Gasteiger partial charge in [-0.05, 0) is 72.9 Å². The molecule has 5 nitrogen and oxygen atoms in total. The topological polar surface area (TPSA) is 61.8 Å². The van der Waals surface area contributed by atoms with E-state index in [1.165, 1.54) is 25.3 Å². The quantitative estimate of drug-likeness (QED) is 0.183. The van der Waals surface area contributed by atoms with Crippen molar-refractivity contribution < 1.29 is 48.4 Å². The van der Waals surface area contributed by atoms with Crippen LogP contribution in [-0.4, -0.2) is 27.7 Å². The lowest BCUT2D eigenvalue weighted by molar-refractivity contribution is -0.143. The van der Waals surface area contributed by atoms with E-state index >= 15 is 0 Å². The Morgan fingerprint density at radius 3 is 2.27 bits per heavy atom. The van der Waals surface area contributed by atoms with Crippen LogP contribution in [0.3, 0.4) is 0 Å². The zero-order valence-electron chi connectivity index (χ0n) is 21.2. The molecule has 216 valence electrons. The minimum Gasteiger partial charge on any atom is -0.497 e. The lowest BCUT2D eigenvalue weighted by Gasteiger charge is -2.34. The molecule has 2 unspecified atom stereocenters. The molecule has 2 aromatic rings. The Bertz CT molecular complexity index is 1360. The molecule has 0 N–H and O–H groups in total. The van der Waals surface area contributed by atoms with E-state index in [0.717, 1.165) is 0 Å². The average molecular weight is 589 g/mol. The highest BCUT2D eigenvalue weighted by Crippen LogP contribution is 2.40. The van der Waals surface area contributed by atoms with Crippen molar-refractivity contribution >= 4 is 10.1 Å². The number of hydrogen-bond donors (Lipinski definition) is 0. The molecule has 0 saturated carbocycles. The van der Waals surface area contributed by atoms with E-state index < -0.39 is 51.7 Å². The van der Waals surface area contributed by atoms with Gasteiger partial charge in [0, 0.05) is 5.92 Å². The summed E-state index contributed by atoms with van der Waals surface area (Å²) < 4.78 is 122. The highest BCUT2D eigenvalue weighted by molar-refractivity contribution is 7.86. The van der Waals surface area contributed by atoms with Gasteiger partial charge in [-0.2, -0.15) is 34.8 Å². The number of benzene rings is 2. The molecular weight excluding hydrogens is 562 g/mol. The zero-order valence-corrected chi connectivity index (χ0v) is 22.0. The number of alkyl halides is 6. The summed E-state index contributed by atoms with van der Waals surface area (Å²) in [6.45, 7) is 1.17. The van der Waals surface area contributed by atoms with Gasteiger partial charge < -0.3 is 9.47 Å². The van der Waals surface area contributed by atoms with Crippen molar-refractivity contribution in [2.75, 3.05) is 13.2 Å². The molecule has 1 aliphatic carbocycles. The Balaban J connectivity index is 1.59. The fraction of sp³-hybridized carbons (Fsp3) is 0.357. The monoisotopic (exact) mass is 588 g/mol. The predicted molar refractivity (Wildman–Crippen MR) is 133 cm³/mol. The van der Waals surface area contributed by atoms with Crippen molar-refractivity contribution in [3.63, 3.8) is 0 Å². The first-order valence-corrected chi connectivity index (χ1v) is 13.7. The first-order chi connectivity index (χ1) is 18.8. The summed E-state index contributed by atoms with van der Waals surface area (Å²) in [6.07, 6.45) is -4.04. The van der Waals surface area contributed by atoms with Crippen LogP contribution in [0.15, 0.2) is 89.1 Å². The molecule has 0 fully saturated rings. The van der Waals surface area contributed by atoms with Gasteiger partial charge in [0.15, 0.2) is 0 Å².